The van der Waals surface area contributed by atoms with Crippen molar-refractivity contribution < 1.29 is 9.59 Å². The van der Waals surface area contributed by atoms with Crippen LogP contribution in [-0.4, -0.2) is 37.0 Å². The monoisotopic (exact) mass is 291 g/mol. The number of hydrogen-bond donors (Lipinski definition) is 2. The second-order valence-corrected chi connectivity index (χ2v) is 5.52. The van der Waals surface area contributed by atoms with Crippen LogP contribution in [0.25, 0.3) is 0 Å². The zero-order valence-corrected chi connectivity index (χ0v) is 13.5. The lowest BCUT2D eigenvalue weighted by Crippen LogP contribution is -2.36. The summed E-state index contributed by atoms with van der Waals surface area (Å²) in [6.45, 7) is 5.95. The van der Waals surface area contributed by atoms with E-state index in [-0.39, 0.29) is 18.0 Å². The Hall–Kier alpha value is -2.04. The number of urea groups is 1. The second kappa shape index (κ2) is 7.67. The minimum atomic E-state index is -0.242. The Kier molecular flexibility index (Phi) is 6.21. The molecular weight excluding hydrogens is 266 g/mol. The molecule has 1 rings (SSSR count). The SMILES string of the molecule is CCCC(C)NC(=O)Nc1cc(C(=O)N(C)C)ccc1C. The van der Waals surface area contributed by atoms with Gasteiger partial charge in [0, 0.05) is 31.4 Å². The summed E-state index contributed by atoms with van der Waals surface area (Å²) in [5.74, 6) is -0.0854. The highest BCUT2D eigenvalue weighted by Gasteiger charge is 2.12. The maximum atomic E-state index is 12.0. The van der Waals surface area contributed by atoms with Gasteiger partial charge in [-0.1, -0.05) is 19.4 Å². The van der Waals surface area contributed by atoms with Crippen LogP contribution in [0.2, 0.25) is 0 Å². The molecule has 0 fully saturated rings. The summed E-state index contributed by atoms with van der Waals surface area (Å²) < 4.78 is 0. The molecule has 116 valence electrons. The van der Waals surface area contributed by atoms with Crippen LogP contribution < -0.4 is 10.6 Å². The molecule has 1 atom stereocenters. The van der Waals surface area contributed by atoms with E-state index in [1.54, 1.807) is 26.2 Å². The van der Waals surface area contributed by atoms with Crippen molar-refractivity contribution in [3.05, 3.63) is 29.3 Å². The molecule has 0 spiro atoms. The van der Waals surface area contributed by atoms with E-state index in [1.807, 2.05) is 19.9 Å². The summed E-state index contributed by atoms with van der Waals surface area (Å²) in [7, 11) is 3.41. The molecule has 0 aliphatic carbocycles. The van der Waals surface area contributed by atoms with Gasteiger partial charge < -0.3 is 15.5 Å². The largest absolute Gasteiger partial charge is 0.345 e. The molecule has 5 nitrogen and oxygen atoms in total. The lowest BCUT2D eigenvalue weighted by molar-refractivity contribution is 0.0827. The van der Waals surface area contributed by atoms with Crippen LogP contribution >= 0.6 is 0 Å². The van der Waals surface area contributed by atoms with Gasteiger partial charge in [0.1, 0.15) is 0 Å². The standard InChI is InChI=1S/C16H25N3O2/c1-6-7-12(3)17-16(21)18-14-10-13(9-8-11(14)2)15(20)19(4)5/h8-10,12H,6-7H2,1-5H3,(H2,17,18,21). The smallest absolute Gasteiger partial charge is 0.319 e. The molecule has 0 saturated heterocycles. The maximum absolute atomic E-state index is 12.0. The zero-order valence-electron chi connectivity index (χ0n) is 13.5. The number of carbonyl (C=O) groups is 2. The van der Waals surface area contributed by atoms with Gasteiger partial charge in [0.25, 0.3) is 5.91 Å². The molecule has 0 radical (unpaired) electrons. The van der Waals surface area contributed by atoms with Crippen LogP contribution in [0, 0.1) is 6.92 Å². The fourth-order valence-electron chi connectivity index (χ4n) is 2.04. The van der Waals surface area contributed by atoms with E-state index >= 15 is 0 Å². The molecule has 21 heavy (non-hydrogen) atoms. The summed E-state index contributed by atoms with van der Waals surface area (Å²) >= 11 is 0. The number of benzene rings is 1. The molecule has 0 aromatic heterocycles. The third-order valence-corrected chi connectivity index (χ3v) is 3.24. The van der Waals surface area contributed by atoms with Crippen molar-refractivity contribution in [1.29, 1.82) is 0 Å². The van der Waals surface area contributed by atoms with E-state index in [1.165, 1.54) is 4.90 Å². The number of anilines is 1. The Labute approximate surface area is 126 Å². The van der Waals surface area contributed by atoms with Crippen molar-refractivity contribution in [2.45, 2.75) is 39.7 Å². The van der Waals surface area contributed by atoms with E-state index in [2.05, 4.69) is 17.6 Å². The molecular formula is C16H25N3O2. The molecule has 0 saturated carbocycles. The molecule has 0 aliphatic heterocycles. The number of rotatable bonds is 5. The maximum Gasteiger partial charge on any atom is 0.319 e. The number of nitrogens with one attached hydrogen (secondary N) is 2. The molecule has 2 N–H and O–H groups in total. The number of hydrogen-bond acceptors (Lipinski definition) is 2. The molecule has 0 bridgehead atoms. The fraction of sp³-hybridized carbons (Fsp3) is 0.500. The number of carbonyl (C=O) groups excluding carboxylic acids is 2. The van der Waals surface area contributed by atoms with E-state index in [9.17, 15) is 9.59 Å². The van der Waals surface area contributed by atoms with E-state index in [4.69, 9.17) is 0 Å². The summed E-state index contributed by atoms with van der Waals surface area (Å²) in [5.41, 5.74) is 2.13. The Morgan fingerprint density at radius 2 is 1.95 bits per heavy atom. The quantitative estimate of drug-likeness (QED) is 0.876. The van der Waals surface area contributed by atoms with Gasteiger partial charge in [-0.05, 0) is 38.0 Å². The Bertz CT molecular complexity index is 512. The number of aryl methyl sites for hydroxylation is 1. The van der Waals surface area contributed by atoms with Crippen molar-refractivity contribution >= 4 is 17.6 Å². The molecule has 5 heteroatoms. The van der Waals surface area contributed by atoms with Crippen LogP contribution in [0.3, 0.4) is 0 Å². The van der Waals surface area contributed by atoms with Crippen molar-refractivity contribution in [3.8, 4) is 0 Å². The first-order valence-corrected chi connectivity index (χ1v) is 7.25. The highest BCUT2D eigenvalue weighted by Crippen LogP contribution is 2.17. The Balaban J connectivity index is 2.80. The Morgan fingerprint density at radius 1 is 1.29 bits per heavy atom. The molecule has 0 aliphatic rings. The summed E-state index contributed by atoms with van der Waals surface area (Å²) in [4.78, 5) is 25.4. The summed E-state index contributed by atoms with van der Waals surface area (Å²) in [5, 5.41) is 5.70. The average molecular weight is 291 g/mol. The van der Waals surface area contributed by atoms with Crippen molar-refractivity contribution in [2.24, 2.45) is 0 Å². The van der Waals surface area contributed by atoms with Crippen LogP contribution in [0.15, 0.2) is 18.2 Å². The lowest BCUT2D eigenvalue weighted by Gasteiger charge is -2.16. The molecule has 3 amide bonds. The number of nitrogens with zero attached hydrogens (tertiary/aromatic N) is 1. The van der Waals surface area contributed by atoms with Gasteiger partial charge in [0.15, 0.2) is 0 Å². The predicted molar refractivity (Wildman–Crippen MR) is 85.7 cm³/mol. The fourth-order valence-corrected chi connectivity index (χ4v) is 2.04. The predicted octanol–water partition coefficient (Wildman–Crippen LogP) is 3.01. The molecule has 1 aromatic rings. The lowest BCUT2D eigenvalue weighted by atomic mass is 10.1. The first-order valence-electron chi connectivity index (χ1n) is 7.25. The normalized spacial score (nSPS) is 11.7. The highest BCUT2D eigenvalue weighted by molar-refractivity contribution is 5.97. The van der Waals surface area contributed by atoms with Gasteiger partial charge in [-0.15, -0.1) is 0 Å². The summed E-state index contributed by atoms with van der Waals surface area (Å²) in [6, 6.07) is 5.19. The van der Waals surface area contributed by atoms with Gasteiger partial charge in [0.05, 0.1) is 0 Å². The first kappa shape index (κ1) is 17.0. The first-order chi connectivity index (χ1) is 9.85. The Morgan fingerprint density at radius 3 is 2.52 bits per heavy atom. The summed E-state index contributed by atoms with van der Waals surface area (Å²) in [6.07, 6.45) is 1.96. The van der Waals surface area contributed by atoms with Crippen molar-refractivity contribution in [3.63, 3.8) is 0 Å². The van der Waals surface area contributed by atoms with Crippen LogP contribution in [0.1, 0.15) is 42.6 Å². The van der Waals surface area contributed by atoms with Crippen molar-refractivity contribution in [1.82, 2.24) is 10.2 Å². The van der Waals surface area contributed by atoms with Gasteiger partial charge in [0.2, 0.25) is 0 Å². The van der Waals surface area contributed by atoms with Gasteiger partial charge in [-0.3, -0.25) is 4.79 Å². The van der Waals surface area contributed by atoms with E-state index in [0.717, 1.165) is 18.4 Å². The third-order valence-electron chi connectivity index (χ3n) is 3.24. The van der Waals surface area contributed by atoms with Crippen LogP contribution in [-0.2, 0) is 0 Å². The number of amides is 3. The third kappa shape index (κ3) is 5.10. The topological polar surface area (TPSA) is 61.4 Å². The minimum Gasteiger partial charge on any atom is -0.345 e. The molecule has 1 unspecified atom stereocenters. The van der Waals surface area contributed by atoms with Gasteiger partial charge >= 0.3 is 6.03 Å². The zero-order chi connectivity index (χ0) is 16.0. The van der Waals surface area contributed by atoms with Crippen LogP contribution in [0.4, 0.5) is 10.5 Å². The van der Waals surface area contributed by atoms with Gasteiger partial charge in [-0.2, -0.15) is 0 Å². The van der Waals surface area contributed by atoms with Crippen LogP contribution in [0.5, 0.6) is 0 Å². The molecule has 1 aromatic carbocycles. The highest BCUT2D eigenvalue weighted by atomic mass is 16.2. The van der Waals surface area contributed by atoms with E-state index in [0.29, 0.717) is 11.3 Å². The van der Waals surface area contributed by atoms with Crippen molar-refractivity contribution in [2.75, 3.05) is 19.4 Å². The van der Waals surface area contributed by atoms with E-state index < -0.39 is 0 Å². The van der Waals surface area contributed by atoms with Gasteiger partial charge in [-0.25, -0.2) is 4.79 Å². The minimum absolute atomic E-state index is 0.0854. The second-order valence-electron chi connectivity index (χ2n) is 5.52. The molecule has 0 heterocycles. The average Bonchev–Trinajstić information content (AvgIpc) is 2.40.